The van der Waals surface area contributed by atoms with Gasteiger partial charge in [0, 0.05) is 24.9 Å². The van der Waals surface area contributed by atoms with Gasteiger partial charge in [-0.25, -0.2) is 9.18 Å². The van der Waals surface area contributed by atoms with Gasteiger partial charge in [-0.2, -0.15) is 0 Å². The van der Waals surface area contributed by atoms with E-state index < -0.39 is 27.9 Å². The van der Waals surface area contributed by atoms with Gasteiger partial charge in [-0.3, -0.25) is 0 Å². The van der Waals surface area contributed by atoms with Crippen molar-refractivity contribution in [1.82, 2.24) is 4.90 Å². The Kier molecular flexibility index (Phi) is 6.03. The van der Waals surface area contributed by atoms with Crippen LogP contribution >= 0.6 is 0 Å². The molecule has 1 aliphatic heterocycles. The number of hydrogen-bond donors (Lipinski definition) is 0. The maximum atomic E-state index is 14.3. The molecule has 0 N–H and O–H groups in total. The van der Waals surface area contributed by atoms with Crippen molar-refractivity contribution in [2.24, 2.45) is 5.41 Å². The van der Waals surface area contributed by atoms with Gasteiger partial charge in [0.2, 0.25) is 17.4 Å². The molecule has 2 rings (SSSR count). The molecule has 2 aliphatic rings. The zero-order valence-corrected chi connectivity index (χ0v) is 17.8. The second-order valence-electron chi connectivity index (χ2n) is 9.66. The highest BCUT2D eigenvalue weighted by Crippen LogP contribution is 2.49. The van der Waals surface area contributed by atoms with Crippen molar-refractivity contribution in [3.63, 3.8) is 0 Å². The summed E-state index contributed by atoms with van der Waals surface area (Å²) in [5.74, 6) is 0. The van der Waals surface area contributed by atoms with Crippen LogP contribution in [0.3, 0.4) is 0 Å². The summed E-state index contributed by atoms with van der Waals surface area (Å²) in [6, 6.07) is -0.168. The van der Waals surface area contributed by atoms with Gasteiger partial charge in [-0.15, -0.1) is 0 Å². The second-order valence-corrected chi connectivity index (χ2v) is 11.9. The van der Waals surface area contributed by atoms with Crippen LogP contribution < -0.4 is 0 Å². The minimum absolute atomic E-state index is 0.168. The number of carbonyl (C=O) groups is 1. The monoisotopic (exact) mass is 389 g/mol. The van der Waals surface area contributed by atoms with E-state index in [9.17, 15) is 13.7 Å². The molecule has 7 heteroatoms. The highest BCUT2D eigenvalue weighted by atomic mass is 32.2. The lowest BCUT2D eigenvalue weighted by atomic mass is 9.74. The van der Waals surface area contributed by atoms with Gasteiger partial charge in [0.15, 0.2) is 11.5 Å². The van der Waals surface area contributed by atoms with Crippen LogP contribution in [0.15, 0.2) is 0 Å². The predicted octanol–water partition coefficient (Wildman–Crippen LogP) is 3.68. The third-order valence-electron chi connectivity index (χ3n) is 5.31. The van der Waals surface area contributed by atoms with Crippen LogP contribution in [0, 0.1) is 5.41 Å². The molecular weight excluding hydrogens is 355 g/mol. The van der Waals surface area contributed by atoms with E-state index in [4.69, 9.17) is 4.74 Å². The van der Waals surface area contributed by atoms with Crippen LogP contribution in [0.4, 0.5) is 9.18 Å². The average Bonchev–Trinajstić information content (AvgIpc) is 2.80. The third-order valence-corrected chi connectivity index (χ3v) is 7.04. The first-order chi connectivity index (χ1) is 11.8. The molecule has 1 amide bonds. The Labute approximate surface area is 160 Å². The molecule has 5 nitrogen and oxygen atoms in total. The number of likely N-dealkylation sites (tertiary alicyclic amines) is 1. The summed E-state index contributed by atoms with van der Waals surface area (Å²) >= 11 is -1.30. The molecular formula is C19H34FN2O3S+. The zero-order valence-electron chi connectivity index (χ0n) is 17.0. The number of halogens is 1. The molecule has 0 aromatic carbocycles. The van der Waals surface area contributed by atoms with Crippen molar-refractivity contribution < 1.29 is 22.5 Å². The molecule has 1 spiro atoms. The Morgan fingerprint density at radius 1 is 1.27 bits per heavy atom. The molecule has 2 fully saturated rings. The second kappa shape index (κ2) is 7.30. The molecule has 1 aliphatic carbocycles. The lowest BCUT2D eigenvalue weighted by Crippen LogP contribution is -2.52. The quantitative estimate of drug-likeness (QED) is 0.411. The van der Waals surface area contributed by atoms with Crippen molar-refractivity contribution in [3.8, 4) is 0 Å². The lowest BCUT2D eigenvalue weighted by molar-refractivity contribution is -0.433. The highest BCUT2D eigenvalue weighted by Gasteiger charge is 2.59. The number of carbonyl (C=O) groups excluding carboxylic acids is 1. The van der Waals surface area contributed by atoms with E-state index in [2.05, 4.69) is 6.72 Å². The summed E-state index contributed by atoms with van der Waals surface area (Å²) in [5.41, 5.74) is -0.805. The summed E-state index contributed by atoms with van der Waals surface area (Å²) in [6.07, 6.45) is 0.957. The predicted molar refractivity (Wildman–Crippen MR) is 103 cm³/mol. The molecule has 1 heterocycles. The molecule has 0 bridgehead atoms. The molecule has 1 saturated heterocycles. The van der Waals surface area contributed by atoms with E-state index >= 15 is 0 Å². The van der Waals surface area contributed by atoms with Gasteiger partial charge in [-0.1, -0.05) is 0 Å². The maximum Gasteiger partial charge on any atom is 0.410 e. The van der Waals surface area contributed by atoms with Crippen LogP contribution in [-0.4, -0.2) is 61.9 Å². The Morgan fingerprint density at radius 3 is 2.27 bits per heavy atom. The number of rotatable bonds is 2. The van der Waals surface area contributed by atoms with E-state index in [0.717, 1.165) is 0 Å². The lowest BCUT2D eigenvalue weighted by Gasteiger charge is -2.40. The fourth-order valence-corrected chi connectivity index (χ4v) is 5.29. The Hall–Kier alpha value is -0.820. The molecule has 26 heavy (non-hydrogen) atoms. The van der Waals surface area contributed by atoms with Crippen molar-refractivity contribution in [2.45, 2.75) is 89.8 Å². The summed E-state index contributed by atoms with van der Waals surface area (Å²) in [4.78, 5) is 14.0. The van der Waals surface area contributed by atoms with Gasteiger partial charge < -0.3 is 14.2 Å². The Bertz CT molecular complexity index is 548. The third kappa shape index (κ3) is 4.71. The molecule has 1 unspecified atom stereocenters. The fraction of sp³-hybridized carbons (Fsp3) is 0.895. The largest absolute Gasteiger partial charge is 0.557 e. The number of hydrogen-bond acceptors (Lipinski definition) is 3. The van der Waals surface area contributed by atoms with Crippen molar-refractivity contribution in [3.05, 3.63) is 0 Å². The molecule has 1 saturated carbocycles. The van der Waals surface area contributed by atoms with Crippen LogP contribution in [0.25, 0.3) is 0 Å². The van der Waals surface area contributed by atoms with E-state index in [1.165, 1.54) is 0 Å². The molecule has 0 aromatic rings. The molecule has 150 valence electrons. The van der Waals surface area contributed by atoms with Crippen LogP contribution in [-0.2, 0) is 16.1 Å². The first-order valence-electron chi connectivity index (χ1n) is 9.39. The summed E-state index contributed by atoms with van der Waals surface area (Å²) in [5, 5.41) is 0. The van der Waals surface area contributed by atoms with E-state index in [1.807, 2.05) is 41.5 Å². The van der Waals surface area contributed by atoms with Gasteiger partial charge in [0.1, 0.15) is 11.8 Å². The van der Waals surface area contributed by atoms with E-state index in [1.54, 1.807) is 8.88 Å². The van der Waals surface area contributed by atoms with Gasteiger partial charge in [0.05, 0.1) is 0 Å². The number of ether oxygens (including phenoxy) is 1. The van der Waals surface area contributed by atoms with Crippen molar-refractivity contribution >= 4 is 24.2 Å². The SMILES string of the molecule is C=[N+]([C@@H]1C[C@H](F)CC12CCN(C(=O)OC(C)(C)C)CC2)[S+]([O-])C(C)(C)C. The zero-order chi connectivity index (χ0) is 19.9. The van der Waals surface area contributed by atoms with Crippen LogP contribution in [0.5, 0.6) is 0 Å². The minimum atomic E-state index is -1.30. The maximum absolute atomic E-state index is 14.3. The summed E-state index contributed by atoms with van der Waals surface area (Å²) in [7, 11) is 0. The highest BCUT2D eigenvalue weighted by molar-refractivity contribution is 7.86. The van der Waals surface area contributed by atoms with Gasteiger partial charge in [-0.05, 0) is 64.8 Å². The van der Waals surface area contributed by atoms with Gasteiger partial charge >= 0.3 is 6.09 Å². The average molecular weight is 390 g/mol. The topological polar surface area (TPSA) is 55.6 Å². The first-order valence-corrected chi connectivity index (χ1v) is 10.5. The first kappa shape index (κ1) is 21.5. The van der Waals surface area contributed by atoms with Crippen molar-refractivity contribution in [2.75, 3.05) is 13.1 Å². The summed E-state index contributed by atoms with van der Waals surface area (Å²) in [6.45, 7) is 16.4. The standard InChI is InChI=1S/C19H34FN2O3S/c1-17(2,3)25-16(23)22-10-8-19(9-11-22)13-14(20)12-15(19)21(7)26(24)18(4,5)6/h14-15H,7-13H2,1-6H3/q+1/t14-,15+,26?/m0/s1. The van der Waals surface area contributed by atoms with Crippen LogP contribution in [0.1, 0.15) is 67.2 Å². The Balaban J connectivity index is 2.09. The van der Waals surface area contributed by atoms with Crippen molar-refractivity contribution in [1.29, 1.82) is 0 Å². The normalized spacial score (nSPS) is 27.5. The van der Waals surface area contributed by atoms with Crippen LogP contribution in [0.2, 0.25) is 0 Å². The van der Waals surface area contributed by atoms with E-state index in [-0.39, 0.29) is 17.6 Å². The minimum Gasteiger partial charge on any atom is -0.557 e. The number of alkyl halides is 1. The Morgan fingerprint density at radius 2 is 1.81 bits per heavy atom. The number of amides is 1. The molecule has 0 radical (unpaired) electrons. The fourth-order valence-electron chi connectivity index (χ4n) is 4.04. The van der Waals surface area contributed by atoms with E-state index in [0.29, 0.717) is 38.8 Å². The molecule has 3 atom stereocenters. The number of piperidine rings is 1. The summed E-state index contributed by atoms with van der Waals surface area (Å²) < 4.78 is 33.8. The smallest absolute Gasteiger partial charge is 0.410 e. The number of nitrogens with zero attached hydrogens (tertiary/aromatic N) is 2. The van der Waals surface area contributed by atoms with Gasteiger partial charge in [0.25, 0.3) is 0 Å². The molecule has 0 aromatic heterocycles.